The zero-order chi connectivity index (χ0) is 34.1. The SMILES string of the molecule is N#Cc1ccc(-c2ccc(-c3ccc(-c4nc(-c5ccccc5)c(-c5cccc6c5oc5ccccc56)nc4-c4ccccc4)cc3)cc2)cc1. The molecule has 51 heavy (non-hydrogen) atoms. The monoisotopic (exact) mass is 651 g/mol. The van der Waals surface area contributed by atoms with Crippen LogP contribution in [0.1, 0.15) is 5.56 Å². The molecule has 0 bridgehead atoms. The normalized spacial score (nSPS) is 11.1. The van der Waals surface area contributed by atoms with E-state index >= 15 is 0 Å². The average Bonchev–Trinajstić information content (AvgIpc) is 3.60. The van der Waals surface area contributed by atoms with E-state index in [1.807, 2.05) is 78.9 Å². The van der Waals surface area contributed by atoms with Crippen molar-refractivity contribution in [2.24, 2.45) is 0 Å². The Morgan fingerprint density at radius 2 is 0.804 bits per heavy atom. The quantitative estimate of drug-likeness (QED) is 0.179. The molecular formula is C47H29N3O. The lowest BCUT2D eigenvalue weighted by Crippen LogP contribution is -2.01. The van der Waals surface area contributed by atoms with Gasteiger partial charge in [0.05, 0.1) is 28.7 Å². The first-order chi connectivity index (χ1) is 25.2. The molecule has 9 aromatic rings. The van der Waals surface area contributed by atoms with Gasteiger partial charge < -0.3 is 4.42 Å². The second kappa shape index (κ2) is 12.7. The van der Waals surface area contributed by atoms with E-state index in [2.05, 4.69) is 103 Å². The number of benzene rings is 7. The van der Waals surface area contributed by atoms with Crippen LogP contribution in [0, 0.1) is 11.3 Å². The van der Waals surface area contributed by atoms with E-state index in [9.17, 15) is 0 Å². The Balaban J connectivity index is 1.18. The number of nitrogens with zero attached hydrogens (tertiary/aromatic N) is 3. The van der Waals surface area contributed by atoms with Crippen molar-refractivity contribution >= 4 is 21.9 Å². The largest absolute Gasteiger partial charge is 0.455 e. The fourth-order valence-corrected chi connectivity index (χ4v) is 6.77. The number of hydrogen-bond acceptors (Lipinski definition) is 4. The third-order valence-corrected chi connectivity index (χ3v) is 9.37. The zero-order valence-electron chi connectivity index (χ0n) is 27.5. The predicted octanol–water partition coefficient (Wildman–Crippen LogP) is 12.2. The van der Waals surface area contributed by atoms with E-state index in [1.165, 1.54) is 0 Å². The van der Waals surface area contributed by atoms with Gasteiger partial charge in [-0.15, -0.1) is 0 Å². The Morgan fingerprint density at radius 1 is 0.373 bits per heavy atom. The number of furan rings is 1. The van der Waals surface area contributed by atoms with Gasteiger partial charge in [0.1, 0.15) is 16.9 Å². The second-order valence-electron chi connectivity index (χ2n) is 12.5. The number of fused-ring (bicyclic) bond motifs is 3. The van der Waals surface area contributed by atoms with Gasteiger partial charge in [0.2, 0.25) is 0 Å². The van der Waals surface area contributed by atoms with Crippen LogP contribution in [0.25, 0.3) is 89.2 Å². The number of nitriles is 1. The lowest BCUT2D eigenvalue weighted by Gasteiger charge is -2.16. The molecule has 4 nitrogen and oxygen atoms in total. The topological polar surface area (TPSA) is 62.7 Å². The molecule has 0 aliphatic carbocycles. The summed E-state index contributed by atoms with van der Waals surface area (Å²) in [6, 6.07) is 61.9. The first-order valence-corrected chi connectivity index (χ1v) is 16.9. The van der Waals surface area contributed by atoms with Gasteiger partial charge in [0, 0.05) is 33.0 Å². The molecule has 0 N–H and O–H groups in total. The van der Waals surface area contributed by atoms with E-state index in [4.69, 9.17) is 19.6 Å². The summed E-state index contributed by atoms with van der Waals surface area (Å²) in [4.78, 5) is 10.9. The maximum atomic E-state index is 9.15. The highest BCUT2D eigenvalue weighted by atomic mass is 16.3. The Kier molecular flexibility index (Phi) is 7.50. The van der Waals surface area contributed by atoms with Crippen molar-refractivity contribution in [3.8, 4) is 73.4 Å². The molecule has 7 aromatic carbocycles. The number of aromatic nitrogens is 2. The molecule has 2 aromatic heterocycles. The van der Waals surface area contributed by atoms with Crippen LogP contribution in [0.3, 0.4) is 0 Å². The Morgan fingerprint density at radius 3 is 1.37 bits per heavy atom. The van der Waals surface area contributed by atoms with Gasteiger partial charge in [-0.1, -0.05) is 152 Å². The van der Waals surface area contributed by atoms with Crippen molar-refractivity contribution in [2.45, 2.75) is 0 Å². The molecule has 0 fully saturated rings. The summed E-state index contributed by atoms with van der Waals surface area (Å²) in [7, 11) is 0. The highest BCUT2D eigenvalue weighted by molar-refractivity contribution is 6.10. The van der Waals surface area contributed by atoms with Crippen molar-refractivity contribution in [3.63, 3.8) is 0 Å². The third-order valence-electron chi connectivity index (χ3n) is 9.37. The molecule has 2 heterocycles. The summed E-state index contributed by atoms with van der Waals surface area (Å²) in [5.74, 6) is 0. The number of para-hydroxylation sites is 2. The molecule has 0 unspecified atom stereocenters. The van der Waals surface area contributed by atoms with Crippen LogP contribution in [-0.2, 0) is 0 Å². The van der Waals surface area contributed by atoms with E-state index in [-0.39, 0.29) is 0 Å². The molecule has 0 saturated carbocycles. The smallest absolute Gasteiger partial charge is 0.144 e. The molecule has 0 atom stereocenters. The molecule has 0 saturated heterocycles. The molecule has 238 valence electrons. The summed E-state index contributed by atoms with van der Waals surface area (Å²) < 4.78 is 6.51. The first kappa shape index (κ1) is 30.0. The minimum absolute atomic E-state index is 0.657. The van der Waals surface area contributed by atoms with E-state index in [1.54, 1.807) is 0 Å². The number of hydrogen-bond donors (Lipinski definition) is 0. The van der Waals surface area contributed by atoms with Crippen LogP contribution >= 0.6 is 0 Å². The van der Waals surface area contributed by atoms with Crippen LogP contribution in [-0.4, -0.2) is 9.97 Å². The van der Waals surface area contributed by atoms with Crippen LogP contribution < -0.4 is 0 Å². The Bertz CT molecular complexity index is 2710. The summed E-state index contributed by atoms with van der Waals surface area (Å²) in [5, 5.41) is 11.3. The van der Waals surface area contributed by atoms with Crippen LogP contribution in [0.5, 0.6) is 0 Å². The molecular weight excluding hydrogens is 623 g/mol. The van der Waals surface area contributed by atoms with Crippen molar-refractivity contribution in [3.05, 3.63) is 181 Å². The molecule has 0 amide bonds. The highest BCUT2D eigenvalue weighted by Gasteiger charge is 2.22. The van der Waals surface area contributed by atoms with Crippen LogP contribution in [0.15, 0.2) is 180 Å². The highest BCUT2D eigenvalue weighted by Crippen LogP contribution is 2.41. The lowest BCUT2D eigenvalue weighted by atomic mass is 9.96. The van der Waals surface area contributed by atoms with Crippen molar-refractivity contribution in [2.75, 3.05) is 0 Å². The fourth-order valence-electron chi connectivity index (χ4n) is 6.77. The van der Waals surface area contributed by atoms with E-state index in [0.29, 0.717) is 5.56 Å². The summed E-state index contributed by atoms with van der Waals surface area (Å²) in [5.41, 5.74) is 13.7. The second-order valence-corrected chi connectivity index (χ2v) is 12.5. The van der Waals surface area contributed by atoms with Crippen molar-refractivity contribution < 1.29 is 4.42 Å². The zero-order valence-corrected chi connectivity index (χ0v) is 27.5. The molecule has 4 heteroatoms. The minimum atomic E-state index is 0.657. The van der Waals surface area contributed by atoms with Gasteiger partial charge in [0.25, 0.3) is 0 Å². The van der Waals surface area contributed by atoms with Gasteiger partial charge in [-0.25, -0.2) is 9.97 Å². The Hall–Kier alpha value is -7.09. The predicted molar refractivity (Wildman–Crippen MR) is 207 cm³/mol. The van der Waals surface area contributed by atoms with Crippen molar-refractivity contribution in [1.29, 1.82) is 5.26 Å². The summed E-state index contributed by atoms with van der Waals surface area (Å²) in [6.45, 7) is 0. The maximum Gasteiger partial charge on any atom is 0.144 e. The Labute approximate surface area is 295 Å². The minimum Gasteiger partial charge on any atom is -0.455 e. The summed E-state index contributed by atoms with van der Waals surface area (Å²) in [6.07, 6.45) is 0. The molecule has 0 spiro atoms. The van der Waals surface area contributed by atoms with Crippen LogP contribution in [0.4, 0.5) is 0 Å². The molecule has 9 rings (SSSR count). The van der Waals surface area contributed by atoms with E-state index in [0.717, 1.165) is 89.2 Å². The third kappa shape index (κ3) is 5.53. The average molecular weight is 652 g/mol. The van der Waals surface area contributed by atoms with Gasteiger partial charge in [-0.3, -0.25) is 0 Å². The molecule has 0 aliphatic heterocycles. The summed E-state index contributed by atoms with van der Waals surface area (Å²) >= 11 is 0. The van der Waals surface area contributed by atoms with Gasteiger partial charge in [-0.05, 0) is 46.5 Å². The van der Waals surface area contributed by atoms with Gasteiger partial charge >= 0.3 is 0 Å². The molecule has 0 radical (unpaired) electrons. The number of rotatable bonds is 6. The first-order valence-electron chi connectivity index (χ1n) is 16.9. The standard InChI is InChI=1S/C47H29N3O/c48-30-31-18-20-32(21-19-31)33-22-24-34(25-23-33)35-26-28-38(29-27-35)44-43(36-10-3-1-4-11-36)50-46(45(49-44)37-12-5-2-6-13-37)41-16-9-15-40-39-14-7-8-17-42(39)51-47(40)41/h1-29H. The molecule has 0 aliphatic rings. The van der Waals surface area contributed by atoms with Gasteiger partial charge in [-0.2, -0.15) is 5.26 Å². The van der Waals surface area contributed by atoms with Crippen molar-refractivity contribution in [1.82, 2.24) is 9.97 Å². The van der Waals surface area contributed by atoms with Gasteiger partial charge in [0.15, 0.2) is 0 Å². The maximum absolute atomic E-state index is 9.15. The van der Waals surface area contributed by atoms with Crippen LogP contribution in [0.2, 0.25) is 0 Å². The van der Waals surface area contributed by atoms with E-state index < -0.39 is 0 Å². The lowest BCUT2D eigenvalue weighted by molar-refractivity contribution is 0.670. The fraction of sp³-hybridized carbons (Fsp3) is 0.